The first-order valence-corrected chi connectivity index (χ1v) is 8.41. The number of hydrogen-bond donors (Lipinski definition) is 0. The minimum atomic E-state index is 0. The van der Waals surface area contributed by atoms with Gasteiger partial charge in [-0.15, -0.1) is 35.4 Å². The summed E-state index contributed by atoms with van der Waals surface area (Å²) in [5, 5.41) is 0. The van der Waals surface area contributed by atoms with Crippen LogP contribution in [0.25, 0.3) is 22.4 Å². The molecule has 2 heteroatoms. The Balaban J connectivity index is 0.00000225. The first-order valence-electron chi connectivity index (χ1n) is 8.41. The summed E-state index contributed by atoms with van der Waals surface area (Å²) in [6.07, 6.45) is 1.97. The van der Waals surface area contributed by atoms with Crippen molar-refractivity contribution in [3.05, 3.63) is 77.5 Å². The summed E-state index contributed by atoms with van der Waals surface area (Å²) < 4.78 is 0. The van der Waals surface area contributed by atoms with Crippen LogP contribution in [0, 0.1) is 19.9 Å². The number of nitrogens with zero attached hydrogens (tertiary/aromatic N) is 1. The van der Waals surface area contributed by atoms with Crippen molar-refractivity contribution in [2.24, 2.45) is 0 Å². The minimum absolute atomic E-state index is 0. The van der Waals surface area contributed by atoms with E-state index in [-0.39, 0.29) is 25.5 Å². The van der Waals surface area contributed by atoms with Crippen LogP contribution >= 0.6 is 0 Å². The Morgan fingerprint density at radius 3 is 2.04 bits per heavy atom. The van der Waals surface area contributed by atoms with E-state index in [4.69, 9.17) is 0 Å². The Labute approximate surface area is 164 Å². The second-order valence-corrected chi connectivity index (χ2v) is 7.44. The van der Waals surface area contributed by atoms with Gasteiger partial charge in [0, 0.05) is 26.3 Å². The number of aromatic nitrogens is 1. The smallest absolute Gasteiger partial charge is 0.0239 e. The van der Waals surface area contributed by atoms with Crippen molar-refractivity contribution in [1.82, 2.24) is 4.98 Å². The molecule has 3 aromatic rings. The third-order valence-electron chi connectivity index (χ3n) is 4.49. The van der Waals surface area contributed by atoms with Gasteiger partial charge < -0.3 is 4.98 Å². The first-order chi connectivity index (χ1) is 11.4. The number of pyridine rings is 1. The molecule has 1 radical (unpaired) electrons. The molecule has 0 unspecified atom stereocenters. The van der Waals surface area contributed by atoms with E-state index in [9.17, 15) is 0 Å². The fraction of sp³-hybridized carbons (Fsp3) is 0.261. The molecule has 1 nitrogen and oxygen atoms in total. The van der Waals surface area contributed by atoms with Crippen LogP contribution in [0.5, 0.6) is 0 Å². The molecular weight excluding hydrogens is 482 g/mol. The summed E-state index contributed by atoms with van der Waals surface area (Å²) in [5.41, 5.74) is 8.45. The van der Waals surface area contributed by atoms with E-state index < -0.39 is 0 Å². The molecule has 0 bridgehead atoms. The molecule has 0 aliphatic rings. The Hall–Kier alpha value is -1.76. The summed E-state index contributed by atoms with van der Waals surface area (Å²) in [5.74, 6) is 0. The maximum Gasteiger partial charge on any atom is 0.0239 e. The van der Waals surface area contributed by atoms with Crippen molar-refractivity contribution >= 4 is 0 Å². The molecule has 131 valence electrons. The van der Waals surface area contributed by atoms with Crippen LogP contribution in [0.4, 0.5) is 0 Å². The van der Waals surface area contributed by atoms with Gasteiger partial charge >= 0.3 is 0 Å². The second-order valence-electron chi connectivity index (χ2n) is 7.44. The Morgan fingerprint density at radius 2 is 1.56 bits per heavy atom. The minimum Gasteiger partial charge on any atom is -0.304 e. The van der Waals surface area contributed by atoms with E-state index in [1.165, 1.54) is 27.8 Å². The van der Waals surface area contributed by atoms with Crippen LogP contribution in [0.2, 0.25) is 0 Å². The van der Waals surface area contributed by atoms with E-state index in [0.717, 1.165) is 11.3 Å². The maximum absolute atomic E-state index is 4.67. The van der Waals surface area contributed by atoms with Crippen LogP contribution in [0.1, 0.15) is 37.5 Å². The fourth-order valence-electron chi connectivity index (χ4n) is 3.02. The average molecular weight is 507 g/mol. The predicted octanol–water partition coefficient (Wildman–Crippen LogP) is 6.13. The Morgan fingerprint density at radius 1 is 0.880 bits per heavy atom. The molecule has 0 saturated carbocycles. The molecule has 0 spiro atoms. The van der Waals surface area contributed by atoms with Gasteiger partial charge in [0.15, 0.2) is 0 Å². The van der Waals surface area contributed by atoms with Gasteiger partial charge in [-0.3, -0.25) is 0 Å². The van der Waals surface area contributed by atoms with Gasteiger partial charge in [0.2, 0.25) is 0 Å². The molecular formula is C23H24IrN-. The second kappa shape index (κ2) is 7.64. The van der Waals surface area contributed by atoms with Gasteiger partial charge in [0.25, 0.3) is 0 Å². The van der Waals surface area contributed by atoms with Gasteiger partial charge in [-0.1, -0.05) is 51.1 Å². The summed E-state index contributed by atoms with van der Waals surface area (Å²) in [7, 11) is 0. The van der Waals surface area contributed by atoms with Crippen molar-refractivity contribution in [3.63, 3.8) is 0 Å². The zero-order chi connectivity index (χ0) is 17.3. The van der Waals surface area contributed by atoms with Gasteiger partial charge in [-0.25, -0.2) is 0 Å². The molecule has 0 aliphatic carbocycles. The average Bonchev–Trinajstić information content (AvgIpc) is 2.55. The number of aryl methyl sites for hydroxylation is 2. The first kappa shape index (κ1) is 19.6. The van der Waals surface area contributed by atoms with Crippen molar-refractivity contribution < 1.29 is 20.1 Å². The van der Waals surface area contributed by atoms with E-state index in [0.29, 0.717) is 0 Å². The normalized spacial score (nSPS) is 11.1. The van der Waals surface area contributed by atoms with Crippen LogP contribution in [-0.2, 0) is 25.5 Å². The van der Waals surface area contributed by atoms with E-state index in [1.54, 1.807) is 0 Å². The molecule has 25 heavy (non-hydrogen) atoms. The third-order valence-corrected chi connectivity index (χ3v) is 4.49. The Kier molecular flexibility index (Phi) is 5.98. The SMILES string of the molecule is Cc1cccc(C)c1-c1ccc(-c2[c-]cc(C(C)(C)C)cc2)nc1.[Ir]. The molecule has 0 amide bonds. The number of benzene rings is 2. The summed E-state index contributed by atoms with van der Waals surface area (Å²) in [6, 6.07) is 20.4. The maximum atomic E-state index is 4.67. The third kappa shape index (κ3) is 4.26. The van der Waals surface area contributed by atoms with Crippen molar-refractivity contribution in [3.8, 4) is 22.4 Å². The van der Waals surface area contributed by atoms with Gasteiger partial charge in [0.1, 0.15) is 0 Å². The standard InChI is InChI=1S/C23H24N.Ir/c1-16-7-6-8-17(2)22(16)19-11-14-21(24-15-19)18-9-12-20(13-10-18)23(3,4)5;/h6-9,11-15H,1-5H3;/q-1;. The van der Waals surface area contributed by atoms with E-state index >= 15 is 0 Å². The summed E-state index contributed by atoms with van der Waals surface area (Å²) in [4.78, 5) is 4.67. The summed E-state index contributed by atoms with van der Waals surface area (Å²) in [6.45, 7) is 10.9. The van der Waals surface area contributed by atoms with Gasteiger partial charge in [-0.05, 0) is 47.2 Å². The van der Waals surface area contributed by atoms with Crippen LogP contribution in [0.15, 0.2) is 54.7 Å². The number of hydrogen-bond acceptors (Lipinski definition) is 1. The monoisotopic (exact) mass is 507 g/mol. The van der Waals surface area contributed by atoms with E-state index in [2.05, 4.69) is 94.2 Å². The predicted molar refractivity (Wildman–Crippen MR) is 102 cm³/mol. The van der Waals surface area contributed by atoms with Crippen molar-refractivity contribution in [2.45, 2.75) is 40.0 Å². The zero-order valence-electron chi connectivity index (χ0n) is 15.5. The molecule has 0 fully saturated rings. The molecule has 0 N–H and O–H groups in total. The Bertz CT molecular complexity index is 821. The largest absolute Gasteiger partial charge is 0.304 e. The van der Waals surface area contributed by atoms with Crippen LogP contribution in [-0.4, -0.2) is 4.98 Å². The molecule has 1 heterocycles. The topological polar surface area (TPSA) is 12.9 Å². The molecule has 3 rings (SSSR count). The molecule has 2 aromatic carbocycles. The van der Waals surface area contributed by atoms with Crippen LogP contribution < -0.4 is 0 Å². The molecule has 0 saturated heterocycles. The molecule has 0 atom stereocenters. The number of rotatable bonds is 2. The van der Waals surface area contributed by atoms with Crippen molar-refractivity contribution in [1.29, 1.82) is 0 Å². The van der Waals surface area contributed by atoms with Crippen molar-refractivity contribution in [2.75, 3.05) is 0 Å². The fourth-order valence-corrected chi connectivity index (χ4v) is 3.02. The van der Waals surface area contributed by atoms with E-state index in [1.807, 2.05) is 6.20 Å². The zero-order valence-corrected chi connectivity index (χ0v) is 17.9. The molecule has 1 aromatic heterocycles. The quantitative estimate of drug-likeness (QED) is 0.381. The molecule has 0 aliphatic heterocycles. The summed E-state index contributed by atoms with van der Waals surface area (Å²) >= 11 is 0. The van der Waals surface area contributed by atoms with Crippen LogP contribution in [0.3, 0.4) is 0 Å². The van der Waals surface area contributed by atoms with Gasteiger partial charge in [-0.2, -0.15) is 0 Å². The van der Waals surface area contributed by atoms with Gasteiger partial charge in [0.05, 0.1) is 0 Å².